The minimum Gasteiger partial charge on any atom is -0.359 e. The number of aromatic nitrogens is 1. The maximum atomic E-state index is 5.72. The summed E-state index contributed by atoms with van der Waals surface area (Å²) in [4.78, 5) is 0. The Morgan fingerprint density at radius 1 is 1.31 bits per heavy atom. The fraction of sp³-hybridized carbons (Fsp3) is 0.308. The van der Waals surface area contributed by atoms with Crippen LogP contribution in [0.2, 0.25) is 0 Å². The monoisotopic (exact) mass is 216 g/mol. The van der Waals surface area contributed by atoms with Crippen LogP contribution in [0, 0.1) is 0 Å². The number of nitrogens with two attached hydrogens (primary N) is 1. The summed E-state index contributed by atoms with van der Waals surface area (Å²) in [5.41, 5.74) is 8.94. The van der Waals surface area contributed by atoms with Crippen molar-refractivity contribution in [2.75, 3.05) is 0 Å². The smallest absolute Gasteiger partial charge is 0.153 e. The van der Waals surface area contributed by atoms with E-state index >= 15 is 0 Å². The molecule has 2 rings (SSSR count). The fourth-order valence-electron chi connectivity index (χ4n) is 1.55. The largest absolute Gasteiger partial charge is 0.359 e. The van der Waals surface area contributed by atoms with E-state index in [1.807, 2.05) is 13.0 Å². The molecule has 1 atom stereocenters. The third-order valence-electron chi connectivity index (χ3n) is 2.64. The van der Waals surface area contributed by atoms with E-state index in [4.69, 9.17) is 10.3 Å². The third-order valence-corrected chi connectivity index (χ3v) is 2.64. The third kappa shape index (κ3) is 2.14. The first-order valence-corrected chi connectivity index (χ1v) is 5.52. The molecule has 0 saturated carbocycles. The normalized spacial score (nSPS) is 12.7. The molecule has 0 bridgehead atoms. The van der Waals surface area contributed by atoms with Crippen LogP contribution in [0.1, 0.15) is 31.2 Å². The molecule has 0 saturated heterocycles. The summed E-state index contributed by atoms with van der Waals surface area (Å²) < 4.78 is 5.16. The Labute approximate surface area is 95.3 Å². The van der Waals surface area contributed by atoms with E-state index in [2.05, 4.69) is 36.3 Å². The molecule has 16 heavy (non-hydrogen) atoms. The van der Waals surface area contributed by atoms with Crippen molar-refractivity contribution in [2.45, 2.75) is 26.3 Å². The number of benzene rings is 1. The first-order chi connectivity index (χ1) is 7.70. The SMILES string of the molecule is CCc1ccc(-c2cc(C(C)N)on2)cc1. The second-order valence-corrected chi connectivity index (χ2v) is 3.95. The molecule has 1 aromatic carbocycles. The zero-order chi connectivity index (χ0) is 11.5. The molecule has 2 N–H and O–H groups in total. The zero-order valence-electron chi connectivity index (χ0n) is 9.60. The first kappa shape index (κ1) is 10.9. The first-order valence-electron chi connectivity index (χ1n) is 5.52. The highest BCUT2D eigenvalue weighted by molar-refractivity contribution is 5.59. The molecule has 0 aliphatic heterocycles. The molecule has 1 unspecified atom stereocenters. The molecule has 0 aliphatic carbocycles. The van der Waals surface area contributed by atoms with Gasteiger partial charge in [-0.15, -0.1) is 0 Å². The van der Waals surface area contributed by atoms with Crippen molar-refractivity contribution in [3.8, 4) is 11.3 Å². The van der Waals surface area contributed by atoms with E-state index in [0.29, 0.717) is 0 Å². The number of hydrogen-bond donors (Lipinski definition) is 1. The van der Waals surface area contributed by atoms with Gasteiger partial charge in [-0.25, -0.2) is 0 Å². The summed E-state index contributed by atoms with van der Waals surface area (Å²) in [6.45, 7) is 4.02. The summed E-state index contributed by atoms with van der Waals surface area (Å²) in [5, 5.41) is 4.01. The Morgan fingerprint density at radius 3 is 2.50 bits per heavy atom. The average molecular weight is 216 g/mol. The lowest BCUT2D eigenvalue weighted by Crippen LogP contribution is -2.02. The average Bonchev–Trinajstić information content (AvgIpc) is 2.78. The Kier molecular flexibility index (Phi) is 3.06. The van der Waals surface area contributed by atoms with Gasteiger partial charge in [0.25, 0.3) is 0 Å². The van der Waals surface area contributed by atoms with Gasteiger partial charge in [-0.1, -0.05) is 36.3 Å². The number of nitrogens with zero attached hydrogens (tertiary/aromatic N) is 1. The van der Waals surface area contributed by atoms with Gasteiger partial charge in [0.05, 0.1) is 6.04 Å². The maximum Gasteiger partial charge on any atom is 0.153 e. The lowest BCUT2D eigenvalue weighted by atomic mass is 10.1. The van der Waals surface area contributed by atoms with Crippen LogP contribution in [0.5, 0.6) is 0 Å². The molecule has 3 heteroatoms. The van der Waals surface area contributed by atoms with Crippen molar-refractivity contribution in [3.63, 3.8) is 0 Å². The molecule has 1 heterocycles. The van der Waals surface area contributed by atoms with Crippen LogP contribution < -0.4 is 5.73 Å². The van der Waals surface area contributed by atoms with E-state index in [1.165, 1.54) is 5.56 Å². The Balaban J connectivity index is 2.28. The topological polar surface area (TPSA) is 52.0 Å². The van der Waals surface area contributed by atoms with Gasteiger partial charge in [-0.2, -0.15) is 0 Å². The van der Waals surface area contributed by atoms with Gasteiger partial charge in [0, 0.05) is 11.6 Å². The molecule has 84 valence electrons. The number of hydrogen-bond acceptors (Lipinski definition) is 3. The van der Waals surface area contributed by atoms with Crippen LogP contribution in [0.3, 0.4) is 0 Å². The van der Waals surface area contributed by atoms with E-state index in [9.17, 15) is 0 Å². The minimum absolute atomic E-state index is 0.115. The highest BCUT2D eigenvalue weighted by Crippen LogP contribution is 2.21. The fourth-order valence-corrected chi connectivity index (χ4v) is 1.55. The van der Waals surface area contributed by atoms with Gasteiger partial charge < -0.3 is 10.3 Å². The summed E-state index contributed by atoms with van der Waals surface area (Å²) in [6.07, 6.45) is 1.05. The molecular weight excluding hydrogens is 200 g/mol. The summed E-state index contributed by atoms with van der Waals surface area (Å²) in [5.74, 6) is 0.717. The molecule has 0 fully saturated rings. The molecular formula is C13H16N2O. The molecule has 0 radical (unpaired) electrons. The molecule has 0 aliphatic rings. The van der Waals surface area contributed by atoms with Gasteiger partial charge >= 0.3 is 0 Å². The van der Waals surface area contributed by atoms with Crippen LogP contribution in [0.15, 0.2) is 34.9 Å². The predicted octanol–water partition coefficient (Wildman–Crippen LogP) is 2.92. The molecule has 0 spiro atoms. The van der Waals surface area contributed by atoms with Crippen LogP contribution in [-0.4, -0.2) is 5.16 Å². The molecule has 3 nitrogen and oxygen atoms in total. The number of rotatable bonds is 3. The van der Waals surface area contributed by atoms with Crippen LogP contribution in [0.25, 0.3) is 11.3 Å². The van der Waals surface area contributed by atoms with Crippen molar-refractivity contribution >= 4 is 0 Å². The van der Waals surface area contributed by atoms with E-state index in [1.54, 1.807) is 0 Å². The van der Waals surface area contributed by atoms with Gasteiger partial charge in [0.15, 0.2) is 5.76 Å². The predicted molar refractivity (Wildman–Crippen MR) is 63.9 cm³/mol. The van der Waals surface area contributed by atoms with Crippen molar-refractivity contribution in [1.29, 1.82) is 0 Å². The van der Waals surface area contributed by atoms with Crippen LogP contribution in [0.4, 0.5) is 0 Å². The van der Waals surface area contributed by atoms with Crippen LogP contribution in [-0.2, 0) is 6.42 Å². The Hall–Kier alpha value is -1.61. The quantitative estimate of drug-likeness (QED) is 0.858. The van der Waals surface area contributed by atoms with E-state index in [0.717, 1.165) is 23.4 Å². The molecule has 1 aromatic heterocycles. The van der Waals surface area contributed by atoms with Gasteiger partial charge in [0.2, 0.25) is 0 Å². The summed E-state index contributed by atoms with van der Waals surface area (Å²) in [7, 11) is 0. The van der Waals surface area contributed by atoms with Crippen molar-refractivity contribution < 1.29 is 4.52 Å². The maximum absolute atomic E-state index is 5.72. The minimum atomic E-state index is -0.115. The summed E-state index contributed by atoms with van der Waals surface area (Å²) in [6, 6.07) is 10.1. The number of aryl methyl sites for hydroxylation is 1. The lowest BCUT2D eigenvalue weighted by Gasteiger charge is -1.98. The zero-order valence-corrected chi connectivity index (χ0v) is 9.60. The van der Waals surface area contributed by atoms with Gasteiger partial charge in [-0.3, -0.25) is 0 Å². The molecule has 2 aromatic rings. The van der Waals surface area contributed by atoms with Gasteiger partial charge in [0.1, 0.15) is 5.69 Å². The Bertz CT molecular complexity index is 457. The van der Waals surface area contributed by atoms with E-state index < -0.39 is 0 Å². The van der Waals surface area contributed by atoms with Crippen molar-refractivity contribution in [1.82, 2.24) is 5.16 Å². The van der Waals surface area contributed by atoms with Gasteiger partial charge in [-0.05, 0) is 18.9 Å². The van der Waals surface area contributed by atoms with Crippen molar-refractivity contribution in [3.05, 3.63) is 41.7 Å². The Morgan fingerprint density at radius 2 is 2.00 bits per heavy atom. The lowest BCUT2D eigenvalue weighted by molar-refractivity contribution is 0.369. The standard InChI is InChI=1S/C13H16N2O/c1-3-10-4-6-11(7-5-10)12-8-13(9(2)14)16-15-12/h4-9H,3,14H2,1-2H3. The highest BCUT2D eigenvalue weighted by Gasteiger charge is 2.09. The molecule has 0 amide bonds. The summed E-state index contributed by atoms with van der Waals surface area (Å²) >= 11 is 0. The van der Waals surface area contributed by atoms with Crippen molar-refractivity contribution in [2.24, 2.45) is 5.73 Å². The second kappa shape index (κ2) is 4.49. The van der Waals surface area contributed by atoms with Crippen LogP contribution >= 0.6 is 0 Å². The highest BCUT2D eigenvalue weighted by atomic mass is 16.5. The van der Waals surface area contributed by atoms with E-state index in [-0.39, 0.29) is 6.04 Å². The second-order valence-electron chi connectivity index (χ2n) is 3.95.